The summed E-state index contributed by atoms with van der Waals surface area (Å²) in [7, 11) is 1.68. The molecule has 8 heteroatoms. The van der Waals surface area contributed by atoms with Crippen LogP contribution in [0.1, 0.15) is 28.2 Å². The molecule has 2 amide bonds. The van der Waals surface area contributed by atoms with Gasteiger partial charge in [0.05, 0.1) is 11.0 Å². The van der Waals surface area contributed by atoms with Crippen LogP contribution >= 0.6 is 0 Å². The van der Waals surface area contributed by atoms with Crippen LogP contribution in [0.25, 0.3) is 11.0 Å². The average Bonchev–Trinajstić information content (AvgIpc) is 3.38. The number of hydrogen-bond acceptors (Lipinski definition) is 5. The number of imidazole rings is 1. The molecule has 0 fully saturated rings. The Labute approximate surface area is 178 Å². The van der Waals surface area contributed by atoms with E-state index >= 15 is 0 Å². The van der Waals surface area contributed by atoms with Crippen LogP contribution in [0.4, 0.5) is 5.95 Å². The molecule has 156 valence electrons. The van der Waals surface area contributed by atoms with Crippen molar-refractivity contribution >= 4 is 28.8 Å². The monoisotopic (exact) mass is 415 g/mol. The van der Waals surface area contributed by atoms with Crippen molar-refractivity contribution in [2.45, 2.75) is 25.4 Å². The molecule has 5 rings (SSSR count). The van der Waals surface area contributed by atoms with Gasteiger partial charge in [-0.15, -0.1) is 0 Å². The average molecular weight is 415 g/mol. The highest BCUT2D eigenvalue weighted by Gasteiger charge is 2.32. The molecule has 1 unspecified atom stereocenters. The third kappa shape index (κ3) is 3.56. The van der Waals surface area contributed by atoms with Crippen LogP contribution in [0.2, 0.25) is 0 Å². The van der Waals surface area contributed by atoms with E-state index in [2.05, 4.69) is 15.5 Å². The number of likely N-dealkylation sites (N-methyl/N-ethyl adjacent to an activating group) is 1. The molecule has 0 bridgehead atoms. The highest BCUT2D eigenvalue weighted by atomic mass is 16.5. The first kappa shape index (κ1) is 19.0. The summed E-state index contributed by atoms with van der Waals surface area (Å²) in [5, 5.41) is 6.70. The molecule has 1 N–H and O–H groups in total. The van der Waals surface area contributed by atoms with Crippen LogP contribution in [-0.2, 0) is 17.8 Å². The van der Waals surface area contributed by atoms with Gasteiger partial charge in [0.1, 0.15) is 11.8 Å². The Morgan fingerprint density at radius 1 is 1.16 bits per heavy atom. The van der Waals surface area contributed by atoms with Gasteiger partial charge in [-0.1, -0.05) is 47.6 Å². The van der Waals surface area contributed by atoms with Crippen LogP contribution in [0.3, 0.4) is 0 Å². The molecule has 8 nitrogen and oxygen atoms in total. The minimum absolute atomic E-state index is 0.161. The number of carbonyl (C=O) groups is 2. The third-order valence-corrected chi connectivity index (χ3v) is 5.52. The molecule has 31 heavy (non-hydrogen) atoms. The molecule has 4 aromatic rings. The van der Waals surface area contributed by atoms with Crippen molar-refractivity contribution in [3.05, 3.63) is 77.7 Å². The second-order valence-corrected chi connectivity index (χ2v) is 7.60. The Bertz CT molecular complexity index is 1260. The zero-order valence-corrected chi connectivity index (χ0v) is 17.0. The number of rotatable bonds is 4. The predicted molar refractivity (Wildman–Crippen MR) is 115 cm³/mol. The fraction of sp³-hybridized carbons (Fsp3) is 0.217. The van der Waals surface area contributed by atoms with Gasteiger partial charge in [0, 0.05) is 26.1 Å². The molecule has 0 spiro atoms. The van der Waals surface area contributed by atoms with Gasteiger partial charge < -0.3 is 14.4 Å². The third-order valence-electron chi connectivity index (χ3n) is 5.52. The Morgan fingerprint density at radius 2 is 1.94 bits per heavy atom. The number of para-hydroxylation sites is 2. The maximum absolute atomic E-state index is 13.0. The van der Waals surface area contributed by atoms with E-state index < -0.39 is 11.9 Å². The number of fused-ring (bicyclic) bond motifs is 3. The molecule has 0 saturated carbocycles. The van der Waals surface area contributed by atoms with E-state index in [1.54, 1.807) is 13.1 Å². The molecule has 0 aliphatic carbocycles. The highest BCUT2D eigenvalue weighted by Crippen LogP contribution is 2.26. The van der Waals surface area contributed by atoms with Crippen molar-refractivity contribution in [2.24, 2.45) is 0 Å². The van der Waals surface area contributed by atoms with E-state index in [1.807, 2.05) is 59.2 Å². The lowest BCUT2D eigenvalue weighted by Gasteiger charge is -2.19. The minimum atomic E-state index is -0.674. The molecular formula is C23H21N5O3. The van der Waals surface area contributed by atoms with Crippen LogP contribution in [0, 0.1) is 0 Å². The fourth-order valence-electron chi connectivity index (χ4n) is 3.92. The van der Waals surface area contributed by atoms with Gasteiger partial charge in [0.15, 0.2) is 5.69 Å². The number of hydrogen-bond donors (Lipinski definition) is 1. The van der Waals surface area contributed by atoms with E-state index in [1.165, 1.54) is 4.90 Å². The first-order valence-electron chi connectivity index (χ1n) is 10.1. The summed E-state index contributed by atoms with van der Waals surface area (Å²) in [6.07, 6.45) is 0.997. The van der Waals surface area contributed by atoms with E-state index in [0.717, 1.165) is 16.6 Å². The molecule has 0 saturated heterocycles. The van der Waals surface area contributed by atoms with Crippen LogP contribution in [-0.4, -0.2) is 39.6 Å². The Kier molecular flexibility index (Phi) is 4.74. The predicted octanol–water partition coefficient (Wildman–Crippen LogP) is 2.78. The van der Waals surface area contributed by atoms with Gasteiger partial charge in [0.25, 0.3) is 11.8 Å². The van der Waals surface area contributed by atoms with E-state index in [0.29, 0.717) is 31.1 Å². The van der Waals surface area contributed by atoms with E-state index in [-0.39, 0.29) is 11.6 Å². The van der Waals surface area contributed by atoms with Crippen LogP contribution in [0.5, 0.6) is 0 Å². The summed E-state index contributed by atoms with van der Waals surface area (Å²) in [5.74, 6) is 0.524. The molecular weight excluding hydrogens is 394 g/mol. The van der Waals surface area contributed by atoms with Crippen molar-refractivity contribution in [1.29, 1.82) is 0 Å². The summed E-state index contributed by atoms with van der Waals surface area (Å²) in [5.41, 5.74) is 3.03. The van der Waals surface area contributed by atoms with Crippen LogP contribution < -0.4 is 10.2 Å². The normalized spacial score (nSPS) is 16.2. The Balaban J connectivity index is 1.31. The lowest BCUT2D eigenvalue weighted by atomic mass is 10.1. The molecule has 1 aliphatic rings. The Morgan fingerprint density at radius 3 is 2.77 bits per heavy atom. The largest absolute Gasteiger partial charge is 0.360 e. The zero-order valence-electron chi connectivity index (χ0n) is 17.0. The number of nitrogens with zero attached hydrogens (tertiary/aromatic N) is 4. The van der Waals surface area contributed by atoms with Crippen LogP contribution in [0.15, 0.2) is 65.2 Å². The minimum Gasteiger partial charge on any atom is -0.360 e. The number of aromatic nitrogens is 3. The molecule has 2 aromatic carbocycles. The SMILES string of the molecule is CN1C(=O)C(NC(=O)c2cc(Cc3ccccc3)on2)CCn2c1nc1ccccc12. The summed E-state index contributed by atoms with van der Waals surface area (Å²) < 4.78 is 7.33. The lowest BCUT2D eigenvalue weighted by Crippen LogP contribution is -2.47. The number of benzene rings is 2. The summed E-state index contributed by atoms with van der Waals surface area (Å²) in [6.45, 7) is 0.564. The standard InChI is InChI=1S/C23H21N5O3/c1-27-22(30)18(11-12-28-20-10-6-5-9-17(20)25-23(27)28)24-21(29)19-14-16(31-26-19)13-15-7-3-2-4-8-15/h2-10,14,18H,11-13H2,1H3,(H,24,29). The number of aryl methyl sites for hydroxylation is 1. The zero-order chi connectivity index (χ0) is 21.4. The van der Waals surface area contributed by atoms with Crippen molar-refractivity contribution in [2.75, 3.05) is 11.9 Å². The first-order chi connectivity index (χ1) is 15.1. The summed E-state index contributed by atoms with van der Waals surface area (Å²) in [4.78, 5) is 31.8. The van der Waals surface area contributed by atoms with Gasteiger partial charge in [-0.05, 0) is 24.1 Å². The van der Waals surface area contributed by atoms with Crippen molar-refractivity contribution in [3.63, 3.8) is 0 Å². The number of nitrogens with one attached hydrogen (secondary N) is 1. The topological polar surface area (TPSA) is 93.3 Å². The second kappa shape index (κ2) is 7.71. The van der Waals surface area contributed by atoms with Crippen molar-refractivity contribution in [3.8, 4) is 0 Å². The smallest absolute Gasteiger partial charge is 0.274 e. The molecule has 1 aliphatic heterocycles. The summed E-state index contributed by atoms with van der Waals surface area (Å²) >= 11 is 0. The lowest BCUT2D eigenvalue weighted by molar-refractivity contribution is -0.120. The highest BCUT2D eigenvalue weighted by molar-refractivity contribution is 6.01. The number of anilines is 1. The van der Waals surface area contributed by atoms with Gasteiger partial charge in [0.2, 0.25) is 5.95 Å². The molecule has 2 aromatic heterocycles. The first-order valence-corrected chi connectivity index (χ1v) is 10.1. The quantitative estimate of drug-likeness (QED) is 0.553. The maximum Gasteiger partial charge on any atom is 0.274 e. The maximum atomic E-state index is 13.0. The van der Waals surface area contributed by atoms with Gasteiger partial charge in [-0.2, -0.15) is 0 Å². The van der Waals surface area contributed by atoms with Gasteiger partial charge in [-0.3, -0.25) is 14.5 Å². The van der Waals surface area contributed by atoms with Gasteiger partial charge in [-0.25, -0.2) is 4.98 Å². The fourth-order valence-corrected chi connectivity index (χ4v) is 3.92. The summed E-state index contributed by atoms with van der Waals surface area (Å²) in [6, 6.07) is 18.5. The van der Waals surface area contributed by atoms with Gasteiger partial charge >= 0.3 is 0 Å². The van der Waals surface area contributed by atoms with Crippen molar-refractivity contribution in [1.82, 2.24) is 20.0 Å². The molecule has 1 atom stereocenters. The van der Waals surface area contributed by atoms with E-state index in [9.17, 15) is 9.59 Å². The second-order valence-electron chi connectivity index (χ2n) is 7.60. The van der Waals surface area contributed by atoms with E-state index in [4.69, 9.17) is 4.52 Å². The molecule has 3 heterocycles. The number of amides is 2. The Hall–Kier alpha value is -3.94. The number of carbonyl (C=O) groups excluding carboxylic acids is 2. The molecule has 0 radical (unpaired) electrons. The van der Waals surface area contributed by atoms with Crippen molar-refractivity contribution < 1.29 is 14.1 Å².